The number of ether oxygens (including phenoxy) is 2. The predicted molar refractivity (Wildman–Crippen MR) is 91.6 cm³/mol. The molecule has 8 heteroatoms. The lowest BCUT2D eigenvalue weighted by atomic mass is 9.99. The van der Waals surface area contributed by atoms with Crippen molar-refractivity contribution in [3.05, 3.63) is 60.2 Å². The van der Waals surface area contributed by atoms with Crippen LogP contribution in [0.25, 0.3) is 11.1 Å². The second-order valence-electron chi connectivity index (χ2n) is 6.08. The Bertz CT molecular complexity index is 804. The number of aliphatic hydroxyl groups is 3. The minimum atomic E-state index is -1.85. The Hall–Kier alpha value is -2.78. The van der Waals surface area contributed by atoms with E-state index in [1.165, 1.54) is 12.1 Å². The zero-order chi connectivity index (χ0) is 19.6. The van der Waals surface area contributed by atoms with E-state index in [2.05, 4.69) is 0 Å². The summed E-state index contributed by atoms with van der Waals surface area (Å²) in [6, 6.07) is 15.9. The van der Waals surface area contributed by atoms with Crippen LogP contribution in [0.15, 0.2) is 54.6 Å². The number of carbonyl (C=O) groups excluding carboxylic acids is 1. The molecule has 0 spiro atoms. The van der Waals surface area contributed by atoms with Gasteiger partial charge in [0, 0.05) is 0 Å². The number of aliphatic hydroxyl groups excluding tert-OH is 3. The molecular formula is C19H18O8. The van der Waals surface area contributed by atoms with Crippen LogP contribution >= 0.6 is 0 Å². The van der Waals surface area contributed by atoms with Gasteiger partial charge in [0.1, 0.15) is 18.3 Å². The third kappa shape index (κ3) is 3.99. The average molecular weight is 374 g/mol. The van der Waals surface area contributed by atoms with Crippen LogP contribution in [0.4, 0.5) is 0 Å². The Morgan fingerprint density at radius 3 is 2.00 bits per heavy atom. The van der Waals surface area contributed by atoms with Crippen LogP contribution in [0.5, 0.6) is 0 Å². The van der Waals surface area contributed by atoms with Gasteiger partial charge in [-0.15, -0.1) is 0 Å². The van der Waals surface area contributed by atoms with Gasteiger partial charge in [-0.05, 0) is 23.3 Å². The molecule has 0 amide bonds. The van der Waals surface area contributed by atoms with Crippen molar-refractivity contribution in [1.29, 1.82) is 0 Å². The van der Waals surface area contributed by atoms with Gasteiger partial charge < -0.3 is 29.9 Å². The van der Waals surface area contributed by atoms with Crippen LogP contribution < -0.4 is 0 Å². The molecule has 1 fully saturated rings. The van der Waals surface area contributed by atoms with E-state index < -0.39 is 42.6 Å². The summed E-state index contributed by atoms with van der Waals surface area (Å²) in [5.74, 6) is -2.42. The number of rotatable bonds is 4. The van der Waals surface area contributed by atoms with E-state index in [0.29, 0.717) is 0 Å². The van der Waals surface area contributed by atoms with Gasteiger partial charge in [0.25, 0.3) is 0 Å². The Morgan fingerprint density at radius 2 is 1.41 bits per heavy atom. The lowest BCUT2D eigenvalue weighted by Gasteiger charge is -2.37. The number of carboxylic acid groups (broad SMARTS) is 1. The fraction of sp³-hybridized carbons (Fsp3) is 0.263. The average Bonchev–Trinajstić information content (AvgIpc) is 2.69. The molecule has 2 aromatic rings. The summed E-state index contributed by atoms with van der Waals surface area (Å²) in [4.78, 5) is 23.3. The fourth-order valence-electron chi connectivity index (χ4n) is 2.75. The first kappa shape index (κ1) is 19.0. The van der Waals surface area contributed by atoms with Gasteiger partial charge in [-0.1, -0.05) is 42.5 Å². The highest BCUT2D eigenvalue weighted by Crippen LogP contribution is 2.24. The largest absolute Gasteiger partial charge is 0.479 e. The molecule has 27 heavy (non-hydrogen) atoms. The first-order valence-electron chi connectivity index (χ1n) is 8.17. The van der Waals surface area contributed by atoms with Gasteiger partial charge in [0.05, 0.1) is 5.56 Å². The van der Waals surface area contributed by atoms with E-state index in [4.69, 9.17) is 14.6 Å². The number of esters is 1. The maximum Gasteiger partial charge on any atom is 0.340 e. The lowest BCUT2D eigenvalue weighted by Crippen LogP contribution is -2.60. The highest BCUT2D eigenvalue weighted by Gasteiger charge is 2.48. The van der Waals surface area contributed by atoms with E-state index in [0.717, 1.165) is 11.1 Å². The SMILES string of the molecule is O=C(OC1O[C@H](C(=O)O)[C@@H](O)[C@H](O)[C@H]1O)c1ccc(-c2ccccc2)cc1. The van der Waals surface area contributed by atoms with Gasteiger partial charge >= 0.3 is 11.9 Å². The highest BCUT2D eigenvalue weighted by molar-refractivity contribution is 5.90. The first-order chi connectivity index (χ1) is 12.9. The third-order valence-electron chi connectivity index (χ3n) is 4.26. The maximum atomic E-state index is 12.3. The molecule has 3 rings (SSSR count). The van der Waals surface area contributed by atoms with Crippen molar-refractivity contribution in [1.82, 2.24) is 0 Å². The van der Waals surface area contributed by atoms with Gasteiger partial charge in [0.2, 0.25) is 6.29 Å². The number of aliphatic carboxylic acids is 1. The Morgan fingerprint density at radius 1 is 0.815 bits per heavy atom. The third-order valence-corrected chi connectivity index (χ3v) is 4.26. The second kappa shape index (κ2) is 7.85. The molecule has 0 aromatic heterocycles. The van der Waals surface area contributed by atoms with Crippen molar-refractivity contribution in [3.63, 3.8) is 0 Å². The van der Waals surface area contributed by atoms with Gasteiger partial charge in [-0.25, -0.2) is 9.59 Å². The molecule has 142 valence electrons. The van der Waals surface area contributed by atoms with Crippen LogP contribution in [0.1, 0.15) is 10.4 Å². The van der Waals surface area contributed by atoms with E-state index >= 15 is 0 Å². The van der Waals surface area contributed by atoms with E-state index in [1.54, 1.807) is 12.1 Å². The number of hydrogen-bond acceptors (Lipinski definition) is 7. The number of carboxylic acids is 1. The van der Waals surface area contributed by atoms with Crippen LogP contribution in [0.3, 0.4) is 0 Å². The fourth-order valence-corrected chi connectivity index (χ4v) is 2.75. The van der Waals surface area contributed by atoms with Crippen LogP contribution in [-0.4, -0.2) is 63.1 Å². The molecule has 0 saturated carbocycles. The molecular weight excluding hydrogens is 356 g/mol. The molecule has 0 radical (unpaired) electrons. The molecule has 2 aromatic carbocycles. The molecule has 5 atom stereocenters. The zero-order valence-corrected chi connectivity index (χ0v) is 14.0. The van der Waals surface area contributed by atoms with E-state index in [-0.39, 0.29) is 5.56 Å². The Kier molecular flexibility index (Phi) is 5.52. The Balaban J connectivity index is 1.72. The molecule has 1 aliphatic rings. The van der Waals surface area contributed by atoms with E-state index in [1.807, 2.05) is 30.3 Å². The van der Waals surface area contributed by atoms with Crippen molar-refractivity contribution < 1.29 is 39.5 Å². The molecule has 1 aliphatic heterocycles. The van der Waals surface area contributed by atoms with Crippen molar-refractivity contribution in [2.45, 2.75) is 30.7 Å². The lowest BCUT2D eigenvalue weighted by molar-refractivity contribution is -0.278. The summed E-state index contributed by atoms with van der Waals surface area (Å²) in [6.45, 7) is 0. The molecule has 1 heterocycles. The Labute approximate surface area is 154 Å². The van der Waals surface area contributed by atoms with Crippen molar-refractivity contribution in [2.24, 2.45) is 0 Å². The molecule has 1 unspecified atom stereocenters. The van der Waals surface area contributed by atoms with E-state index in [9.17, 15) is 24.9 Å². The minimum Gasteiger partial charge on any atom is -0.479 e. The van der Waals surface area contributed by atoms with Crippen molar-refractivity contribution in [3.8, 4) is 11.1 Å². The highest BCUT2D eigenvalue weighted by atomic mass is 16.7. The molecule has 0 aliphatic carbocycles. The standard InChI is InChI=1S/C19H18O8/c20-13-14(21)16(17(23)24)26-19(15(13)22)27-18(25)12-8-6-11(7-9-12)10-4-2-1-3-5-10/h1-9,13-16,19-22H,(H,23,24)/t13-,14-,15+,16-,19?/m0/s1. The second-order valence-corrected chi connectivity index (χ2v) is 6.08. The van der Waals surface area contributed by atoms with Gasteiger partial charge in [-0.3, -0.25) is 0 Å². The van der Waals surface area contributed by atoms with Crippen LogP contribution in [0, 0.1) is 0 Å². The number of hydrogen-bond donors (Lipinski definition) is 4. The quantitative estimate of drug-likeness (QED) is 0.565. The number of benzene rings is 2. The van der Waals surface area contributed by atoms with Crippen LogP contribution in [0.2, 0.25) is 0 Å². The smallest absolute Gasteiger partial charge is 0.340 e. The monoisotopic (exact) mass is 374 g/mol. The zero-order valence-electron chi connectivity index (χ0n) is 14.0. The van der Waals surface area contributed by atoms with Crippen LogP contribution in [-0.2, 0) is 14.3 Å². The van der Waals surface area contributed by atoms with Gasteiger partial charge in [0.15, 0.2) is 6.10 Å². The molecule has 0 bridgehead atoms. The minimum absolute atomic E-state index is 0.151. The number of carbonyl (C=O) groups is 2. The predicted octanol–water partition coefficient (Wildman–Crippen LogP) is 0.403. The summed E-state index contributed by atoms with van der Waals surface area (Å²) in [5, 5.41) is 38.3. The summed E-state index contributed by atoms with van der Waals surface area (Å²) < 4.78 is 9.91. The normalized spacial score (nSPS) is 27.7. The summed E-state index contributed by atoms with van der Waals surface area (Å²) in [6.07, 6.45) is -9.04. The first-order valence-corrected chi connectivity index (χ1v) is 8.17. The molecule has 8 nitrogen and oxygen atoms in total. The topological polar surface area (TPSA) is 134 Å². The summed E-state index contributed by atoms with van der Waals surface area (Å²) >= 11 is 0. The van der Waals surface area contributed by atoms with Crippen molar-refractivity contribution >= 4 is 11.9 Å². The maximum absolute atomic E-state index is 12.3. The summed E-state index contributed by atoms with van der Waals surface area (Å²) in [5.41, 5.74) is 1.99. The molecule has 4 N–H and O–H groups in total. The molecule has 1 saturated heterocycles. The van der Waals surface area contributed by atoms with Gasteiger partial charge in [-0.2, -0.15) is 0 Å². The van der Waals surface area contributed by atoms with Crippen molar-refractivity contribution in [2.75, 3.05) is 0 Å². The summed E-state index contributed by atoms with van der Waals surface area (Å²) in [7, 11) is 0.